The third-order valence-electron chi connectivity index (χ3n) is 2.27. The van der Waals surface area contributed by atoms with Crippen LogP contribution in [0.5, 0.6) is 0 Å². The van der Waals surface area contributed by atoms with Gasteiger partial charge in [-0.1, -0.05) is 0 Å². The first-order chi connectivity index (χ1) is 4.83. The average molecular weight is 138 g/mol. The Labute approximate surface area is 62.0 Å². The second-order valence-electron chi connectivity index (χ2n) is 3.14. The van der Waals surface area contributed by atoms with E-state index in [0.29, 0.717) is 12.0 Å². The lowest BCUT2D eigenvalue weighted by molar-refractivity contribution is 0.331. The van der Waals surface area contributed by atoms with E-state index in [2.05, 4.69) is 6.07 Å². The zero-order valence-corrected chi connectivity index (χ0v) is 6.21. The molecule has 0 amide bonds. The zero-order valence-electron chi connectivity index (χ0n) is 6.21. The van der Waals surface area contributed by atoms with E-state index in [4.69, 9.17) is 11.0 Å². The molecule has 1 fully saturated rings. The summed E-state index contributed by atoms with van der Waals surface area (Å²) >= 11 is 0. The molecular formula is C8H14N2. The first-order valence-corrected chi connectivity index (χ1v) is 3.95. The summed E-state index contributed by atoms with van der Waals surface area (Å²) in [5, 5.41) is 8.40. The van der Waals surface area contributed by atoms with Gasteiger partial charge in [-0.2, -0.15) is 5.26 Å². The van der Waals surface area contributed by atoms with Crippen LogP contribution in [0.2, 0.25) is 0 Å². The van der Waals surface area contributed by atoms with Crippen molar-refractivity contribution in [3.63, 3.8) is 0 Å². The summed E-state index contributed by atoms with van der Waals surface area (Å²) in [5.41, 5.74) is 5.71. The van der Waals surface area contributed by atoms with Crippen LogP contribution in [-0.4, -0.2) is 6.04 Å². The molecule has 0 aromatic rings. The molecule has 0 aromatic carbocycles. The number of nitrogens with zero attached hydrogens (tertiary/aromatic N) is 1. The highest BCUT2D eigenvalue weighted by Crippen LogP contribution is 2.24. The summed E-state index contributed by atoms with van der Waals surface area (Å²) in [6.45, 7) is 0. The SMILES string of the molecule is N#CCC1CCC(N)CC1. The van der Waals surface area contributed by atoms with Gasteiger partial charge in [0.2, 0.25) is 0 Å². The number of nitriles is 1. The third-order valence-corrected chi connectivity index (χ3v) is 2.27. The molecule has 2 heteroatoms. The van der Waals surface area contributed by atoms with E-state index in [-0.39, 0.29) is 0 Å². The van der Waals surface area contributed by atoms with Gasteiger partial charge in [-0.05, 0) is 31.6 Å². The van der Waals surface area contributed by atoms with Crippen molar-refractivity contribution < 1.29 is 0 Å². The Morgan fingerprint density at radius 2 is 1.90 bits per heavy atom. The van der Waals surface area contributed by atoms with Crippen molar-refractivity contribution in [3.8, 4) is 6.07 Å². The summed E-state index contributed by atoms with van der Waals surface area (Å²) in [5.74, 6) is 0.643. The van der Waals surface area contributed by atoms with Crippen LogP contribution in [0.1, 0.15) is 32.1 Å². The molecule has 0 saturated heterocycles. The Balaban J connectivity index is 2.21. The van der Waals surface area contributed by atoms with Crippen LogP contribution in [0.4, 0.5) is 0 Å². The van der Waals surface area contributed by atoms with Crippen molar-refractivity contribution in [2.45, 2.75) is 38.1 Å². The Kier molecular flexibility index (Phi) is 2.70. The third kappa shape index (κ3) is 2.00. The van der Waals surface area contributed by atoms with Crippen LogP contribution in [0.3, 0.4) is 0 Å². The maximum Gasteiger partial charge on any atom is 0.0624 e. The fourth-order valence-electron chi connectivity index (χ4n) is 1.52. The first kappa shape index (κ1) is 7.56. The van der Waals surface area contributed by atoms with Gasteiger partial charge in [0, 0.05) is 12.5 Å². The molecule has 2 nitrogen and oxygen atoms in total. The molecule has 1 aliphatic rings. The lowest BCUT2D eigenvalue weighted by Crippen LogP contribution is -2.26. The van der Waals surface area contributed by atoms with Crippen LogP contribution in [0.25, 0.3) is 0 Å². The number of rotatable bonds is 1. The van der Waals surface area contributed by atoms with Gasteiger partial charge in [-0.25, -0.2) is 0 Å². The summed E-state index contributed by atoms with van der Waals surface area (Å²) in [7, 11) is 0. The van der Waals surface area contributed by atoms with Gasteiger partial charge < -0.3 is 5.73 Å². The van der Waals surface area contributed by atoms with Crippen LogP contribution >= 0.6 is 0 Å². The normalized spacial score (nSPS) is 33.2. The number of nitrogens with two attached hydrogens (primary N) is 1. The second kappa shape index (κ2) is 3.58. The minimum absolute atomic E-state index is 0.412. The van der Waals surface area contributed by atoms with Crippen LogP contribution in [-0.2, 0) is 0 Å². The summed E-state index contributed by atoms with van der Waals surface area (Å²) in [4.78, 5) is 0. The standard InChI is InChI=1S/C8H14N2/c9-6-5-7-1-3-8(10)4-2-7/h7-8H,1-5,10H2. The molecule has 0 unspecified atom stereocenters. The molecule has 0 heterocycles. The topological polar surface area (TPSA) is 49.8 Å². The maximum absolute atomic E-state index is 8.40. The lowest BCUT2D eigenvalue weighted by Gasteiger charge is -2.23. The Hall–Kier alpha value is -0.550. The van der Waals surface area contributed by atoms with E-state index in [0.717, 1.165) is 32.1 Å². The molecule has 0 radical (unpaired) electrons. The molecular weight excluding hydrogens is 124 g/mol. The molecule has 56 valence electrons. The molecule has 0 atom stereocenters. The molecule has 0 spiro atoms. The van der Waals surface area contributed by atoms with E-state index in [1.807, 2.05) is 0 Å². The molecule has 1 aliphatic carbocycles. The Morgan fingerprint density at radius 3 is 2.40 bits per heavy atom. The molecule has 2 N–H and O–H groups in total. The van der Waals surface area contributed by atoms with Crippen LogP contribution in [0.15, 0.2) is 0 Å². The number of hydrogen-bond donors (Lipinski definition) is 1. The van der Waals surface area contributed by atoms with Crippen molar-refractivity contribution in [2.24, 2.45) is 11.7 Å². The van der Waals surface area contributed by atoms with Crippen molar-refractivity contribution >= 4 is 0 Å². The van der Waals surface area contributed by atoms with Crippen LogP contribution < -0.4 is 5.73 Å². The smallest absolute Gasteiger partial charge is 0.0624 e. The Morgan fingerprint density at radius 1 is 1.30 bits per heavy atom. The van der Waals surface area contributed by atoms with Crippen LogP contribution in [0, 0.1) is 17.2 Å². The van der Waals surface area contributed by atoms with E-state index >= 15 is 0 Å². The highest BCUT2D eigenvalue weighted by Gasteiger charge is 2.17. The molecule has 1 saturated carbocycles. The summed E-state index contributed by atoms with van der Waals surface area (Å²) < 4.78 is 0. The van der Waals surface area contributed by atoms with Gasteiger partial charge in [0.25, 0.3) is 0 Å². The quantitative estimate of drug-likeness (QED) is 0.595. The fourth-order valence-corrected chi connectivity index (χ4v) is 1.52. The van der Waals surface area contributed by atoms with Crippen molar-refractivity contribution in [3.05, 3.63) is 0 Å². The highest BCUT2D eigenvalue weighted by atomic mass is 14.6. The minimum Gasteiger partial charge on any atom is -0.328 e. The second-order valence-corrected chi connectivity index (χ2v) is 3.14. The molecule has 0 aromatic heterocycles. The average Bonchev–Trinajstić information content (AvgIpc) is 1.95. The lowest BCUT2D eigenvalue weighted by atomic mass is 9.85. The summed E-state index contributed by atoms with van der Waals surface area (Å²) in [6, 6.07) is 2.62. The van der Waals surface area contributed by atoms with Crippen molar-refractivity contribution in [1.82, 2.24) is 0 Å². The largest absolute Gasteiger partial charge is 0.328 e. The zero-order chi connectivity index (χ0) is 7.40. The molecule has 0 aliphatic heterocycles. The van der Waals surface area contributed by atoms with E-state index in [1.54, 1.807) is 0 Å². The highest BCUT2D eigenvalue weighted by molar-refractivity contribution is 4.81. The van der Waals surface area contributed by atoms with Gasteiger partial charge in [0.15, 0.2) is 0 Å². The van der Waals surface area contributed by atoms with Gasteiger partial charge >= 0.3 is 0 Å². The monoisotopic (exact) mass is 138 g/mol. The predicted molar refractivity (Wildman–Crippen MR) is 40.2 cm³/mol. The van der Waals surface area contributed by atoms with Gasteiger partial charge in [0.05, 0.1) is 6.07 Å². The van der Waals surface area contributed by atoms with E-state index in [1.165, 1.54) is 0 Å². The molecule has 10 heavy (non-hydrogen) atoms. The van der Waals surface area contributed by atoms with Gasteiger partial charge in [0.1, 0.15) is 0 Å². The summed E-state index contributed by atoms with van der Waals surface area (Å²) in [6.07, 6.45) is 5.29. The van der Waals surface area contributed by atoms with Crippen molar-refractivity contribution in [1.29, 1.82) is 5.26 Å². The Bertz CT molecular complexity index is 129. The predicted octanol–water partition coefficient (Wildman–Crippen LogP) is 1.42. The van der Waals surface area contributed by atoms with E-state index < -0.39 is 0 Å². The van der Waals surface area contributed by atoms with E-state index in [9.17, 15) is 0 Å². The number of hydrogen-bond acceptors (Lipinski definition) is 2. The van der Waals surface area contributed by atoms with Gasteiger partial charge in [-0.3, -0.25) is 0 Å². The molecule has 0 bridgehead atoms. The van der Waals surface area contributed by atoms with Gasteiger partial charge in [-0.15, -0.1) is 0 Å². The first-order valence-electron chi connectivity index (χ1n) is 3.95. The molecule has 1 rings (SSSR count). The minimum atomic E-state index is 0.412. The fraction of sp³-hybridized carbons (Fsp3) is 0.875. The van der Waals surface area contributed by atoms with Crippen molar-refractivity contribution in [2.75, 3.05) is 0 Å². The maximum atomic E-state index is 8.40.